The summed E-state index contributed by atoms with van der Waals surface area (Å²) in [6.07, 6.45) is -4.45. The van der Waals surface area contributed by atoms with E-state index in [9.17, 15) is 17.6 Å². The van der Waals surface area contributed by atoms with E-state index in [2.05, 4.69) is 140 Å². The van der Waals surface area contributed by atoms with Crippen LogP contribution in [0.1, 0.15) is 5.56 Å². The van der Waals surface area contributed by atoms with E-state index in [1.54, 1.807) is 24.3 Å². The topological polar surface area (TPSA) is 0 Å². The summed E-state index contributed by atoms with van der Waals surface area (Å²) in [5, 5.41) is 13.7. The van der Waals surface area contributed by atoms with Gasteiger partial charge < -0.3 is 0 Å². The van der Waals surface area contributed by atoms with Gasteiger partial charge >= 0.3 is 6.18 Å². The van der Waals surface area contributed by atoms with Crippen LogP contribution in [0, 0.1) is 5.82 Å². The Kier molecular flexibility index (Phi) is 7.67. The van der Waals surface area contributed by atoms with Crippen LogP contribution in [0.25, 0.3) is 154 Å². The van der Waals surface area contributed by atoms with Crippen LogP contribution < -0.4 is 0 Å². The quantitative estimate of drug-likeness (QED) is 0.0938. The molecule has 0 saturated heterocycles. The van der Waals surface area contributed by atoms with E-state index in [1.807, 2.05) is 30.3 Å². The lowest BCUT2D eigenvalue weighted by atomic mass is 9.82. The lowest BCUT2D eigenvalue weighted by Crippen LogP contribution is -2.04. The van der Waals surface area contributed by atoms with Gasteiger partial charge in [-0.05, 0) is 178 Å². The Labute approximate surface area is 393 Å². The predicted molar refractivity (Wildman–Crippen MR) is 278 cm³/mol. The molecule has 0 heterocycles. The van der Waals surface area contributed by atoms with E-state index in [0.717, 1.165) is 121 Å². The number of alkyl halides is 3. The number of hydrogen-bond acceptors (Lipinski definition) is 0. The molecule has 322 valence electrons. The van der Waals surface area contributed by atoms with Crippen molar-refractivity contribution in [2.45, 2.75) is 6.18 Å². The summed E-state index contributed by atoms with van der Waals surface area (Å²) < 4.78 is 56.7. The summed E-state index contributed by atoms with van der Waals surface area (Å²) in [7, 11) is 0. The van der Waals surface area contributed by atoms with Crippen LogP contribution in [0.5, 0.6) is 0 Å². The third-order valence-electron chi connectivity index (χ3n) is 15.2. The number of rotatable bonds is 4. The zero-order chi connectivity index (χ0) is 45.9. The van der Waals surface area contributed by atoms with Gasteiger partial charge in [0, 0.05) is 0 Å². The van der Waals surface area contributed by atoms with Crippen molar-refractivity contribution in [2.75, 3.05) is 0 Å². The van der Waals surface area contributed by atoms with Crippen molar-refractivity contribution in [1.82, 2.24) is 0 Å². The van der Waals surface area contributed by atoms with Crippen LogP contribution in [0.2, 0.25) is 0 Å². The van der Waals surface area contributed by atoms with Gasteiger partial charge in [-0.1, -0.05) is 182 Å². The van der Waals surface area contributed by atoms with Gasteiger partial charge in [0.15, 0.2) is 0 Å². The molecule has 0 radical (unpaired) electrons. The lowest BCUT2D eigenvalue weighted by molar-refractivity contribution is -0.137. The van der Waals surface area contributed by atoms with Crippen LogP contribution in [0.4, 0.5) is 17.6 Å². The van der Waals surface area contributed by atoms with E-state index in [4.69, 9.17) is 0 Å². The zero-order valence-corrected chi connectivity index (χ0v) is 36.6. The highest BCUT2D eigenvalue weighted by Gasteiger charge is 2.36. The van der Waals surface area contributed by atoms with E-state index < -0.39 is 11.7 Å². The molecule has 0 aromatic heterocycles. The third-order valence-corrected chi connectivity index (χ3v) is 15.2. The van der Waals surface area contributed by atoms with Crippen molar-refractivity contribution < 1.29 is 17.6 Å². The number of hydrogen-bond donors (Lipinski definition) is 0. The molecule has 13 aromatic rings. The summed E-state index contributed by atoms with van der Waals surface area (Å²) >= 11 is 0. The molecular weight excluding hydrogens is 857 g/mol. The molecule has 2 aliphatic carbocycles. The Morgan fingerprint density at radius 1 is 0.232 bits per heavy atom. The molecule has 69 heavy (non-hydrogen) atoms. The second-order valence-corrected chi connectivity index (χ2v) is 18.5. The van der Waals surface area contributed by atoms with Crippen molar-refractivity contribution in [3.8, 4) is 89.0 Å². The fraction of sp³-hybridized carbons (Fsp3) is 0.0154. The maximum absolute atomic E-state index is 14.6. The van der Waals surface area contributed by atoms with Crippen LogP contribution in [0.3, 0.4) is 0 Å². The largest absolute Gasteiger partial charge is 0.416 e. The Balaban J connectivity index is 1.06. The van der Waals surface area contributed by atoms with Crippen molar-refractivity contribution in [1.29, 1.82) is 0 Å². The maximum Gasteiger partial charge on any atom is 0.416 e. The minimum absolute atomic E-state index is 0.269. The fourth-order valence-electron chi connectivity index (χ4n) is 12.5. The summed E-state index contributed by atoms with van der Waals surface area (Å²) in [5.41, 5.74) is 16.6. The molecule has 15 rings (SSSR count). The van der Waals surface area contributed by atoms with Crippen LogP contribution in [0.15, 0.2) is 206 Å². The fourth-order valence-corrected chi connectivity index (χ4v) is 12.5. The average Bonchev–Trinajstić information content (AvgIpc) is 3.90. The van der Waals surface area contributed by atoms with E-state index in [1.165, 1.54) is 45.0 Å². The second-order valence-electron chi connectivity index (χ2n) is 18.5. The monoisotopic (exact) mass is 890 g/mol. The molecule has 0 unspecified atom stereocenters. The molecule has 0 fully saturated rings. The SMILES string of the molecule is Fc1ccc(-c2c3c(c(-c4ccccc4)c4ccccc24)-c2ccc4c5ccc6c7c(ccc(c8ccc-3c2c84)c75)-c2c-6c(-c3ccc(C(F)(F)F)cc3)c3ccccc3c2-c2ccccc2)cc1. The Bertz CT molecular complexity index is 4340. The molecule has 0 nitrogen and oxygen atoms in total. The van der Waals surface area contributed by atoms with Crippen molar-refractivity contribution in [3.63, 3.8) is 0 Å². The molecule has 2 aliphatic rings. The van der Waals surface area contributed by atoms with Crippen molar-refractivity contribution in [3.05, 3.63) is 218 Å². The molecule has 0 aliphatic heterocycles. The minimum atomic E-state index is -4.45. The molecule has 0 bridgehead atoms. The highest BCUT2D eigenvalue weighted by Crippen LogP contribution is 2.63. The number of benzene rings is 13. The van der Waals surface area contributed by atoms with Gasteiger partial charge in [-0.3, -0.25) is 0 Å². The molecular formula is C65H34F4. The lowest BCUT2D eigenvalue weighted by Gasteiger charge is -2.20. The Hall–Kier alpha value is -8.60. The highest BCUT2D eigenvalue weighted by atomic mass is 19.4. The Morgan fingerprint density at radius 3 is 0.841 bits per heavy atom. The third kappa shape index (κ3) is 5.13. The summed E-state index contributed by atoms with van der Waals surface area (Å²) in [6.45, 7) is 0. The Morgan fingerprint density at radius 2 is 0.522 bits per heavy atom. The summed E-state index contributed by atoms with van der Waals surface area (Å²) in [6, 6.07) is 69.0. The molecule has 13 aromatic carbocycles. The van der Waals surface area contributed by atoms with E-state index in [-0.39, 0.29) is 5.82 Å². The second kappa shape index (κ2) is 13.7. The van der Waals surface area contributed by atoms with Gasteiger partial charge in [-0.15, -0.1) is 0 Å². The van der Waals surface area contributed by atoms with Crippen molar-refractivity contribution >= 4 is 64.6 Å². The summed E-state index contributed by atoms with van der Waals surface area (Å²) in [4.78, 5) is 0. The molecule has 0 saturated carbocycles. The zero-order valence-electron chi connectivity index (χ0n) is 36.6. The predicted octanol–water partition coefficient (Wildman–Crippen LogP) is 19.2. The standard InChI is InChI=1S/C65H34F4/c66-40-25-21-38(22-26-40)56-44-18-10-8-16-42(44)54(36-13-5-2-6-14-36)62-50-32-28-46-47-29-33-51-59-49(31-27-45(57(47)59)48-30-34-52(64(56)62)60(50)58(46)48)61-53(35-11-3-1-4-12-35)41-15-7-9-17-43(41)55(63(51)61)37-19-23-39(24-20-37)65(67,68)69/h1-34H. The highest BCUT2D eigenvalue weighted by molar-refractivity contribution is 6.42. The van der Waals surface area contributed by atoms with E-state index in [0.29, 0.717) is 0 Å². The summed E-state index contributed by atoms with van der Waals surface area (Å²) in [5.74, 6) is -0.269. The molecule has 0 N–H and O–H groups in total. The van der Waals surface area contributed by atoms with Crippen molar-refractivity contribution in [2.24, 2.45) is 0 Å². The number of halogens is 4. The first-order valence-corrected chi connectivity index (χ1v) is 23.3. The average molecular weight is 891 g/mol. The first-order valence-electron chi connectivity index (χ1n) is 23.3. The van der Waals surface area contributed by atoms with Crippen LogP contribution in [-0.4, -0.2) is 0 Å². The van der Waals surface area contributed by atoms with Gasteiger partial charge in [0.05, 0.1) is 5.56 Å². The van der Waals surface area contributed by atoms with Crippen LogP contribution in [-0.2, 0) is 6.18 Å². The molecule has 0 spiro atoms. The van der Waals surface area contributed by atoms with Gasteiger partial charge in [-0.2, -0.15) is 13.2 Å². The van der Waals surface area contributed by atoms with Gasteiger partial charge in [-0.25, -0.2) is 4.39 Å². The normalized spacial score (nSPS) is 12.6. The van der Waals surface area contributed by atoms with Gasteiger partial charge in [0.25, 0.3) is 0 Å². The van der Waals surface area contributed by atoms with Gasteiger partial charge in [0.1, 0.15) is 5.82 Å². The first kappa shape index (κ1) is 38.5. The van der Waals surface area contributed by atoms with Crippen LogP contribution >= 0.6 is 0 Å². The maximum atomic E-state index is 14.6. The first-order chi connectivity index (χ1) is 33.8. The number of fused-ring (bicyclic) bond motifs is 10. The molecule has 0 amide bonds. The molecule has 4 heteroatoms. The molecule has 0 atom stereocenters. The smallest absolute Gasteiger partial charge is 0.207 e. The minimum Gasteiger partial charge on any atom is -0.207 e. The van der Waals surface area contributed by atoms with E-state index >= 15 is 0 Å². The van der Waals surface area contributed by atoms with Gasteiger partial charge in [0.2, 0.25) is 0 Å².